The Bertz CT molecular complexity index is 2950. The van der Waals surface area contributed by atoms with E-state index < -0.39 is 5.41 Å². The van der Waals surface area contributed by atoms with Gasteiger partial charge in [-0.3, -0.25) is 0 Å². The van der Waals surface area contributed by atoms with E-state index in [1.807, 2.05) is 18.2 Å². The monoisotopic (exact) mass is 695 g/mol. The second kappa shape index (κ2) is 11.7. The Kier molecular flexibility index (Phi) is 6.60. The van der Waals surface area contributed by atoms with Crippen molar-refractivity contribution < 1.29 is 4.42 Å². The highest BCUT2D eigenvalue weighted by atomic mass is 32.1. The minimum atomic E-state index is -0.527. The lowest BCUT2D eigenvalue weighted by Gasteiger charge is -2.33. The Morgan fingerprint density at radius 1 is 0.453 bits per heavy atom. The van der Waals surface area contributed by atoms with Gasteiger partial charge >= 0.3 is 0 Å². The molecule has 3 aromatic heterocycles. The summed E-state index contributed by atoms with van der Waals surface area (Å²) in [5, 5.41) is 3.33. The summed E-state index contributed by atoms with van der Waals surface area (Å²) in [5.41, 5.74) is 10.2. The molecule has 0 spiro atoms. The zero-order valence-electron chi connectivity index (χ0n) is 28.4. The summed E-state index contributed by atoms with van der Waals surface area (Å²) in [4.78, 5) is 16.8. The number of hydrogen-bond donors (Lipinski definition) is 0. The Morgan fingerprint density at radius 2 is 1.09 bits per heavy atom. The lowest BCUT2D eigenvalue weighted by molar-refractivity contribution is 0.669. The molecule has 0 radical (unpaired) electrons. The number of aromatic nitrogens is 3. The van der Waals surface area contributed by atoms with Crippen molar-refractivity contribution in [3.8, 4) is 44.6 Å². The van der Waals surface area contributed by atoms with Crippen molar-refractivity contribution in [2.45, 2.75) is 5.41 Å². The van der Waals surface area contributed by atoms with Gasteiger partial charge < -0.3 is 4.42 Å². The van der Waals surface area contributed by atoms with E-state index in [4.69, 9.17) is 19.4 Å². The van der Waals surface area contributed by atoms with Crippen molar-refractivity contribution in [1.29, 1.82) is 0 Å². The number of benzene rings is 7. The average Bonchev–Trinajstić information content (AvgIpc) is 3.92. The number of hydrogen-bond acceptors (Lipinski definition) is 5. The van der Waals surface area contributed by atoms with Crippen molar-refractivity contribution in [3.63, 3.8) is 0 Å². The van der Waals surface area contributed by atoms with Gasteiger partial charge in [0.15, 0.2) is 17.5 Å². The molecule has 0 bridgehead atoms. The minimum absolute atomic E-state index is 0.527. The Hall–Kier alpha value is -6.69. The molecule has 11 rings (SSSR count). The number of furan rings is 1. The van der Waals surface area contributed by atoms with Crippen molar-refractivity contribution in [2.75, 3.05) is 0 Å². The molecule has 53 heavy (non-hydrogen) atoms. The molecule has 248 valence electrons. The van der Waals surface area contributed by atoms with Crippen LogP contribution in [0.1, 0.15) is 22.3 Å². The maximum absolute atomic E-state index is 6.32. The lowest BCUT2D eigenvalue weighted by Crippen LogP contribution is -2.28. The van der Waals surface area contributed by atoms with Crippen LogP contribution in [0.3, 0.4) is 0 Å². The van der Waals surface area contributed by atoms with Gasteiger partial charge in [0.05, 0.1) is 10.3 Å². The summed E-state index contributed by atoms with van der Waals surface area (Å²) in [6.45, 7) is 0. The van der Waals surface area contributed by atoms with Gasteiger partial charge in [0.1, 0.15) is 11.2 Å². The molecule has 1 aliphatic rings. The molecular weight excluding hydrogens is 667 g/mol. The summed E-state index contributed by atoms with van der Waals surface area (Å²) in [7, 11) is 0. The summed E-state index contributed by atoms with van der Waals surface area (Å²) < 4.78 is 7.52. The molecule has 0 atom stereocenters. The van der Waals surface area contributed by atoms with Crippen LogP contribution in [0.25, 0.3) is 76.6 Å². The number of thiophene rings is 1. The molecule has 5 heteroatoms. The molecule has 0 saturated carbocycles. The maximum Gasteiger partial charge on any atom is 0.174 e. The SMILES string of the molecule is c1ccc(C2(c3ccccc3)c3ccccc3-c3c(-c4nc(-c5ccc6c(c5)oc5ccccc56)nc(-c5cc6ccccc6s5)n4)cccc32)cc1. The van der Waals surface area contributed by atoms with Crippen LogP contribution >= 0.6 is 11.3 Å². The highest BCUT2D eigenvalue weighted by Crippen LogP contribution is 2.58. The second-order valence-electron chi connectivity index (χ2n) is 13.5. The number of fused-ring (bicyclic) bond motifs is 7. The third kappa shape index (κ3) is 4.51. The first-order chi connectivity index (χ1) is 26.3. The molecule has 10 aromatic rings. The van der Waals surface area contributed by atoms with Crippen molar-refractivity contribution in [2.24, 2.45) is 0 Å². The zero-order chi connectivity index (χ0) is 34.9. The van der Waals surface area contributed by atoms with Crippen LogP contribution < -0.4 is 0 Å². The first-order valence-corrected chi connectivity index (χ1v) is 18.6. The van der Waals surface area contributed by atoms with Gasteiger partial charge in [0.2, 0.25) is 0 Å². The fourth-order valence-electron chi connectivity index (χ4n) is 8.37. The number of para-hydroxylation sites is 1. The summed E-state index contributed by atoms with van der Waals surface area (Å²) in [6, 6.07) is 62.2. The summed E-state index contributed by atoms with van der Waals surface area (Å²) in [6.07, 6.45) is 0. The predicted molar refractivity (Wildman–Crippen MR) is 216 cm³/mol. The Labute approximate surface area is 309 Å². The Morgan fingerprint density at radius 3 is 1.92 bits per heavy atom. The summed E-state index contributed by atoms with van der Waals surface area (Å²) in [5.74, 6) is 1.89. The Balaban J connectivity index is 1.19. The van der Waals surface area contributed by atoms with Gasteiger partial charge in [0.25, 0.3) is 0 Å². The molecule has 7 aromatic carbocycles. The molecule has 0 saturated heterocycles. The lowest BCUT2D eigenvalue weighted by atomic mass is 9.67. The normalized spacial score (nSPS) is 13.1. The van der Waals surface area contributed by atoms with Crippen LogP contribution in [0.15, 0.2) is 180 Å². The van der Waals surface area contributed by atoms with Crippen LogP contribution in [0.2, 0.25) is 0 Å². The predicted octanol–water partition coefficient (Wildman–Crippen LogP) is 12.3. The third-order valence-corrected chi connectivity index (χ3v) is 11.8. The molecule has 0 N–H and O–H groups in total. The zero-order valence-corrected chi connectivity index (χ0v) is 29.2. The molecule has 0 fully saturated rings. The summed E-state index contributed by atoms with van der Waals surface area (Å²) >= 11 is 1.70. The molecule has 0 amide bonds. The molecule has 1 aliphatic carbocycles. The van der Waals surface area contributed by atoms with Crippen LogP contribution in [0.5, 0.6) is 0 Å². The molecular formula is C48H29N3OS. The van der Waals surface area contributed by atoms with E-state index in [1.54, 1.807) is 11.3 Å². The topological polar surface area (TPSA) is 51.8 Å². The third-order valence-electron chi connectivity index (χ3n) is 10.6. The van der Waals surface area contributed by atoms with Crippen molar-refractivity contribution in [1.82, 2.24) is 15.0 Å². The van der Waals surface area contributed by atoms with Gasteiger partial charge in [-0.25, -0.2) is 15.0 Å². The molecule has 3 heterocycles. The van der Waals surface area contributed by atoms with E-state index >= 15 is 0 Å². The minimum Gasteiger partial charge on any atom is -0.456 e. The molecule has 0 aliphatic heterocycles. The fourth-order valence-corrected chi connectivity index (χ4v) is 9.37. The first-order valence-electron chi connectivity index (χ1n) is 17.8. The van der Waals surface area contributed by atoms with Crippen molar-refractivity contribution >= 4 is 43.4 Å². The second-order valence-corrected chi connectivity index (χ2v) is 14.6. The van der Waals surface area contributed by atoms with Crippen LogP contribution in [-0.2, 0) is 5.41 Å². The van der Waals surface area contributed by atoms with Gasteiger partial charge in [-0.15, -0.1) is 11.3 Å². The van der Waals surface area contributed by atoms with E-state index in [1.165, 1.54) is 37.9 Å². The highest BCUT2D eigenvalue weighted by molar-refractivity contribution is 7.22. The average molecular weight is 696 g/mol. The van der Waals surface area contributed by atoms with Crippen LogP contribution in [0.4, 0.5) is 0 Å². The van der Waals surface area contributed by atoms with E-state index in [0.717, 1.165) is 43.5 Å². The largest absolute Gasteiger partial charge is 0.456 e. The van der Waals surface area contributed by atoms with Gasteiger partial charge in [-0.05, 0) is 69.1 Å². The van der Waals surface area contributed by atoms with Crippen LogP contribution in [-0.4, -0.2) is 15.0 Å². The number of rotatable bonds is 5. The fraction of sp³-hybridized carbons (Fsp3) is 0.0208. The standard InChI is InChI=1S/C48H29N3OS/c1-3-15-32(16-4-1)48(33-17-5-2-6-18-33)38-22-10-8-20-36(38)44-37(21-13-23-39(44)48)46-49-45(50-47(51-46)43-29-30-14-7-12-25-42(30)53-43)31-26-27-35-34-19-9-11-24-40(34)52-41(35)28-31/h1-29H. The van der Waals surface area contributed by atoms with E-state index in [0.29, 0.717) is 17.5 Å². The van der Waals surface area contributed by atoms with Crippen LogP contribution in [0, 0.1) is 0 Å². The van der Waals surface area contributed by atoms with E-state index in [2.05, 4.69) is 158 Å². The van der Waals surface area contributed by atoms with E-state index in [9.17, 15) is 0 Å². The molecule has 0 unspecified atom stereocenters. The molecule has 4 nitrogen and oxygen atoms in total. The van der Waals surface area contributed by atoms with E-state index in [-0.39, 0.29) is 0 Å². The first kappa shape index (κ1) is 30.0. The quantitative estimate of drug-likeness (QED) is 0.180. The maximum atomic E-state index is 6.32. The smallest absolute Gasteiger partial charge is 0.174 e. The number of nitrogens with zero attached hydrogens (tertiary/aromatic N) is 3. The highest BCUT2D eigenvalue weighted by Gasteiger charge is 2.47. The van der Waals surface area contributed by atoms with Gasteiger partial charge in [-0.2, -0.15) is 0 Å². The van der Waals surface area contributed by atoms with Gasteiger partial charge in [-0.1, -0.05) is 146 Å². The van der Waals surface area contributed by atoms with Gasteiger partial charge in [0, 0.05) is 26.6 Å². The van der Waals surface area contributed by atoms with Crippen molar-refractivity contribution in [3.05, 3.63) is 198 Å².